The summed E-state index contributed by atoms with van der Waals surface area (Å²) < 4.78 is 0. The lowest BCUT2D eigenvalue weighted by Gasteiger charge is -2.12. The smallest absolute Gasteiger partial charge is 0.0994 e. The van der Waals surface area contributed by atoms with Gasteiger partial charge in [-0.1, -0.05) is 42.5 Å². The van der Waals surface area contributed by atoms with Crippen molar-refractivity contribution in [3.8, 4) is 23.3 Å². The fourth-order valence-electron chi connectivity index (χ4n) is 2.07. The lowest BCUT2D eigenvalue weighted by Crippen LogP contribution is -2.21. The van der Waals surface area contributed by atoms with Gasteiger partial charge in [-0.25, -0.2) is 0 Å². The van der Waals surface area contributed by atoms with Gasteiger partial charge < -0.3 is 5.73 Å². The van der Waals surface area contributed by atoms with Crippen LogP contribution in [-0.2, 0) is 6.42 Å². The number of nitrogens with two attached hydrogens (primary N) is 1. The summed E-state index contributed by atoms with van der Waals surface area (Å²) in [6.45, 7) is 0. The summed E-state index contributed by atoms with van der Waals surface area (Å²) >= 11 is 0. The minimum atomic E-state index is -0.600. The molecule has 0 fully saturated rings. The summed E-state index contributed by atoms with van der Waals surface area (Å²) in [6, 6.07) is 18.9. The molecule has 2 aromatic rings. The Morgan fingerprint density at radius 3 is 2.37 bits per heavy atom. The first-order valence-corrected chi connectivity index (χ1v) is 5.99. The van der Waals surface area contributed by atoms with Crippen molar-refractivity contribution in [2.45, 2.75) is 12.5 Å². The first-order chi connectivity index (χ1) is 9.26. The van der Waals surface area contributed by atoms with E-state index in [9.17, 15) is 5.26 Å². The van der Waals surface area contributed by atoms with Crippen molar-refractivity contribution < 1.29 is 0 Å². The third kappa shape index (κ3) is 2.80. The van der Waals surface area contributed by atoms with Gasteiger partial charge in [-0.3, -0.25) is 0 Å². The van der Waals surface area contributed by atoms with Gasteiger partial charge in [-0.15, -0.1) is 0 Å². The highest BCUT2D eigenvalue weighted by Crippen LogP contribution is 2.26. The van der Waals surface area contributed by atoms with Crippen molar-refractivity contribution in [2.75, 3.05) is 0 Å². The maximum absolute atomic E-state index is 9.20. The molecular weight excluding hydrogens is 234 g/mol. The van der Waals surface area contributed by atoms with E-state index in [1.165, 1.54) is 0 Å². The zero-order chi connectivity index (χ0) is 13.7. The molecule has 92 valence electrons. The number of nitriles is 2. The van der Waals surface area contributed by atoms with Gasteiger partial charge in [-0.2, -0.15) is 10.5 Å². The Labute approximate surface area is 112 Å². The van der Waals surface area contributed by atoms with E-state index in [4.69, 9.17) is 11.0 Å². The summed E-state index contributed by atoms with van der Waals surface area (Å²) in [7, 11) is 0. The van der Waals surface area contributed by atoms with E-state index in [1.54, 1.807) is 6.07 Å². The lowest BCUT2D eigenvalue weighted by molar-refractivity contribution is 0.822. The molecule has 0 bridgehead atoms. The molecule has 0 aromatic heterocycles. The largest absolute Gasteiger partial charge is 0.316 e. The van der Waals surface area contributed by atoms with Crippen LogP contribution in [0.3, 0.4) is 0 Å². The van der Waals surface area contributed by atoms with Gasteiger partial charge >= 0.3 is 0 Å². The van der Waals surface area contributed by atoms with Gasteiger partial charge in [0.2, 0.25) is 0 Å². The van der Waals surface area contributed by atoms with Gasteiger partial charge in [0.1, 0.15) is 0 Å². The molecule has 0 aliphatic heterocycles. The molecule has 0 amide bonds. The van der Waals surface area contributed by atoms with E-state index in [0.29, 0.717) is 12.0 Å². The van der Waals surface area contributed by atoms with E-state index < -0.39 is 6.04 Å². The zero-order valence-electron chi connectivity index (χ0n) is 10.4. The topological polar surface area (TPSA) is 73.6 Å². The molecular formula is C16H13N3. The minimum Gasteiger partial charge on any atom is -0.316 e. The molecule has 1 atom stereocenters. The fourth-order valence-corrected chi connectivity index (χ4v) is 2.07. The average Bonchev–Trinajstić information content (AvgIpc) is 2.48. The molecule has 2 rings (SSSR count). The zero-order valence-corrected chi connectivity index (χ0v) is 10.4. The van der Waals surface area contributed by atoms with Crippen molar-refractivity contribution in [1.29, 1.82) is 10.5 Å². The standard InChI is InChI=1S/C16H13N3/c17-10-13-7-4-8-15(12-5-2-1-3-6-12)16(13)9-14(19)11-18/h1-8,14H,9,19H2. The molecule has 1 unspecified atom stereocenters. The predicted molar refractivity (Wildman–Crippen MR) is 73.9 cm³/mol. The highest BCUT2D eigenvalue weighted by Gasteiger charge is 2.13. The number of hydrogen-bond donors (Lipinski definition) is 1. The third-order valence-corrected chi connectivity index (χ3v) is 2.97. The second-order valence-corrected chi connectivity index (χ2v) is 4.25. The van der Waals surface area contributed by atoms with Crippen LogP contribution < -0.4 is 5.73 Å². The van der Waals surface area contributed by atoms with Crippen LogP contribution in [-0.4, -0.2) is 6.04 Å². The molecule has 3 nitrogen and oxygen atoms in total. The Bertz CT molecular complexity index is 648. The van der Waals surface area contributed by atoms with E-state index >= 15 is 0 Å². The van der Waals surface area contributed by atoms with Crippen molar-refractivity contribution in [3.05, 3.63) is 59.7 Å². The van der Waals surface area contributed by atoms with E-state index in [2.05, 4.69) is 6.07 Å². The number of benzene rings is 2. The van der Waals surface area contributed by atoms with Crippen LogP contribution >= 0.6 is 0 Å². The molecule has 0 spiro atoms. The molecule has 2 aromatic carbocycles. The number of hydrogen-bond acceptors (Lipinski definition) is 3. The molecule has 0 saturated heterocycles. The van der Waals surface area contributed by atoms with Crippen LogP contribution in [0.2, 0.25) is 0 Å². The number of nitrogens with zero attached hydrogens (tertiary/aromatic N) is 2. The van der Waals surface area contributed by atoms with Gasteiger partial charge in [0.05, 0.1) is 23.7 Å². The Kier molecular flexibility index (Phi) is 3.93. The van der Waals surface area contributed by atoms with Crippen molar-refractivity contribution in [1.82, 2.24) is 0 Å². The van der Waals surface area contributed by atoms with E-state index in [-0.39, 0.29) is 0 Å². The lowest BCUT2D eigenvalue weighted by atomic mass is 9.92. The Morgan fingerprint density at radius 2 is 1.74 bits per heavy atom. The first kappa shape index (κ1) is 12.8. The first-order valence-electron chi connectivity index (χ1n) is 5.99. The summed E-state index contributed by atoms with van der Waals surface area (Å²) in [5, 5.41) is 18.1. The van der Waals surface area contributed by atoms with Crippen LogP contribution in [0.25, 0.3) is 11.1 Å². The molecule has 0 heterocycles. The SMILES string of the molecule is N#Cc1cccc(-c2ccccc2)c1CC(N)C#N. The highest BCUT2D eigenvalue weighted by atomic mass is 14.6. The van der Waals surface area contributed by atoms with Crippen LogP contribution in [0.15, 0.2) is 48.5 Å². The van der Waals surface area contributed by atoms with Crippen LogP contribution in [0.1, 0.15) is 11.1 Å². The molecule has 19 heavy (non-hydrogen) atoms. The van der Waals surface area contributed by atoms with Crippen LogP contribution in [0.4, 0.5) is 0 Å². The maximum Gasteiger partial charge on any atom is 0.0994 e. The quantitative estimate of drug-likeness (QED) is 0.906. The Hall–Kier alpha value is -2.62. The third-order valence-electron chi connectivity index (χ3n) is 2.97. The van der Waals surface area contributed by atoms with Crippen molar-refractivity contribution in [3.63, 3.8) is 0 Å². The van der Waals surface area contributed by atoms with Crippen molar-refractivity contribution >= 4 is 0 Å². The molecule has 2 N–H and O–H groups in total. The van der Waals surface area contributed by atoms with Crippen molar-refractivity contribution in [2.24, 2.45) is 5.73 Å². The average molecular weight is 247 g/mol. The minimum absolute atomic E-state index is 0.379. The Morgan fingerprint density at radius 1 is 1.00 bits per heavy atom. The van der Waals surface area contributed by atoms with Gasteiger partial charge in [-0.05, 0) is 22.8 Å². The molecule has 0 aliphatic rings. The molecule has 0 saturated carbocycles. The van der Waals surface area contributed by atoms with Gasteiger partial charge in [0.15, 0.2) is 0 Å². The summed E-state index contributed by atoms with van der Waals surface area (Å²) in [5.41, 5.74) is 9.11. The summed E-state index contributed by atoms with van der Waals surface area (Å²) in [6.07, 6.45) is 0.379. The van der Waals surface area contributed by atoms with Gasteiger partial charge in [0.25, 0.3) is 0 Å². The summed E-state index contributed by atoms with van der Waals surface area (Å²) in [4.78, 5) is 0. The second kappa shape index (κ2) is 5.82. The van der Waals surface area contributed by atoms with E-state index in [0.717, 1.165) is 16.7 Å². The fraction of sp³-hybridized carbons (Fsp3) is 0.125. The summed E-state index contributed by atoms with van der Waals surface area (Å²) in [5.74, 6) is 0. The maximum atomic E-state index is 9.20. The highest BCUT2D eigenvalue weighted by molar-refractivity contribution is 5.70. The Balaban J connectivity index is 2.56. The molecule has 0 aliphatic carbocycles. The predicted octanol–water partition coefficient (Wildman–Crippen LogP) is 2.62. The normalized spacial score (nSPS) is 11.3. The van der Waals surface area contributed by atoms with Gasteiger partial charge in [0, 0.05) is 6.42 Å². The van der Waals surface area contributed by atoms with Crippen LogP contribution in [0.5, 0.6) is 0 Å². The second-order valence-electron chi connectivity index (χ2n) is 4.25. The number of rotatable bonds is 3. The van der Waals surface area contributed by atoms with Crippen LogP contribution in [0, 0.1) is 22.7 Å². The van der Waals surface area contributed by atoms with E-state index in [1.807, 2.05) is 48.5 Å². The molecule has 0 radical (unpaired) electrons. The molecule has 3 heteroatoms. The monoisotopic (exact) mass is 247 g/mol.